The Hall–Kier alpha value is -2.77. The van der Waals surface area contributed by atoms with Gasteiger partial charge in [0.1, 0.15) is 0 Å². The summed E-state index contributed by atoms with van der Waals surface area (Å²) in [5, 5.41) is 3.43. The van der Waals surface area contributed by atoms with Gasteiger partial charge in [-0.1, -0.05) is 46.3 Å². The second-order valence-corrected chi connectivity index (χ2v) is 8.01. The van der Waals surface area contributed by atoms with Gasteiger partial charge in [0.2, 0.25) is 0 Å². The van der Waals surface area contributed by atoms with E-state index in [0.717, 1.165) is 29.5 Å². The van der Waals surface area contributed by atoms with Gasteiger partial charge < -0.3 is 14.8 Å². The van der Waals surface area contributed by atoms with E-state index in [0.29, 0.717) is 28.7 Å². The van der Waals surface area contributed by atoms with Crippen molar-refractivity contribution in [1.29, 1.82) is 0 Å². The molecule has 6 nitrogen and oxygen atoms in total. The summed E-state index contributed by atoms with van der Waals surface area (Å²) in [6.45, 7) is 0.820. The summed E-state index contributed by atoms with van der Waals surface area (Å²) in [6.07, 6.45) is 1.98. The molecule has 1 aliphatic rings. The number of nitrogens with zero attached hydrogens (tertiary/aromatic N) is 1. The maximum Gasteiger partial charge on any atom is 0.339 e. The zero-order valence-electron chi connectivity index (χ0n) is 16.3. The number of rotatable bonds is 6. The van der Waals surface area contributed by atoms with Crippen molar-refractivity contribution in [3.63, 3.8) is 0 Å². The number of amides is 1. The number of para-hydroxylation sites is 1. The monoisotopic (exact) mass is 468 g/mol. The summed E-state index contributed by atoms with van der Waals surface area (Å²) in [5.74, 6) is -0.901. The van der Waals surface area contributed by atoms with E-state index in [1.807, 2.05) is 48.5 Å². The normalized spacial score (nSPS) is 15.8. The molecule has 0 aliphatic carbocycles. The highest BCUT2D eigenvalue weighted by atomic mass is 79.9. The fraction of sp³-hybridized carbons (Fsp3) is 0.261. The number of esters is 1. The van der Waals surface area contributed by atoms with Crippen molar-refractivity contribution in [3.8, 4) is 11.3 Å². The van der Waals surface area contributed by atoms with Crippen molar-refractivity contribution in [3.05, 3.63) is 64.6 Å². The third kappa shape index (κ3) is 4.86. The molecule has 1 fully saturated rings. The predicted octanol–water partition coefficient (Wildman–Crippen LogP) is 4.12. The number of hydrogen-bond acceptors (Lipinski definition) is 5. The van der Waals surface area contributed by atoms with E-state index in [1.54, 1.807) is 6.07 Å². The number of nitrogens with one attached hydrogen (secondary N) is 1. The molecule has 2 heterocycles. The number of benzene rings is 2. The lowest BCUT2D eigenvalue weighted by atomic mass is 10.0. The largest absolute Gasteiger partial charge is 0.452 e. The minimum Gasteiger partial charge on any atom is -0.452 e. The average Bonchev–Trinajstić information content (AvgIpc) is 3.29. The number of fused-ring (bicyclic) bond motifs is 1. The Morgan fingerprint density at radius 2 is 2.03 bits per heavy atom. The maximum absolute atomic E-state index is 12.8. The quantitative estimate of drug-likeness (QED) is 0.550. The minimum absolute atomic E-state index is 0.0431. The number of halogens is 1. The summed E-state index contributed by atoms with van der Waals surface area (Å²) in [7, 11) is 0. The first kappa shape index (κ1) is 20.5. The molecular weight excluding hydrogens is 448 g/mol. The molecule has 0 spiro atoms. The summed E-state index contributed by atoms with van der Waals surface area (Å²) < 4.78 is 11.7. The zero-order valence-corrected chi connectivity index (χ0v) is 17.9. The Morgan fingerprint density at radius 3 is 2.83 bits per heavy atom. The van der Waals surface area contributed by atoms with E-state index in [9.17, 15) is 9.59 Å². The molecule has 1 saturated heterocycles. The lowest BCUT2D eigenvalue weighted by molar-refractivity contribution is -0.124. The molecule has 7 heteroatoms. The SMILES string of the molecule is O=C(COC(=O)c1cc(-c2cccc(Br)c2)nc2ccccc12)NC[C@@H]1CCCO1. The molecule has 1 aliphatic heterocycles. The van der Waals surface area contributed by atoms with Gasteiger partial charge in [0.15, 0.2) is 6.61 Å². The molecule has 0 radical (unpaired) electrons. The predicted molar refractivity (Wildman–Crippen MR) is 117 cm³/mol. The van der Waals surface area contributed by atoms with Crippen LogP contribution in [0.1, 0.15) is 23.2 Å². The van der Waals surface area contributed by atoms with E-state index < -0.39 is 5.97 Å². The fourth-order valence-electron chi connectivity index (χ4n) is 3.43. The van der Waals surface area contributed by atoms with Crippen LogP contribution < -0.4 is 5.32 Å². The maximum atomic E-state index is 12.8. The van der Waals surface area contributed by atoms with E-state index in [-0.39, 0.29) is 18.6 Å². The van der Waals surface area contributed by atoms with Gasteiger partial charge in [-0.05, 0) is 37.1 Å². The zero-order chi connectivity index (χ0) is 20.9. The molecule has 0 saturated carbocycles. The number of aromatic nitrogens is 1. The Morgan fingerprint density at radius 1 is 1.17 bits per heavy atom. The molecular formula is C23H21BrN2O4. The summed E-state index contributed by atoms with van der Waals surface area (Å²) in [6, 6.07) is 16.8. The smallest absolute Gasteiger partial charge is 0.339 e. The second-order valence-electron chi connectivity index (χ2n) is 7.10. The van der Waals surface area contributed by atoms with Crippen molar-refractivity contribution in [2.24, 2.45) is 0 Å². The number of carbonyl (C=O) groups excluding carboxylic acids is 2. The molecule has 3 aromatic rings. The van der Waals surface area contributed by atoms with E-state index >= 15 is 0 Å². The van der Waals surface area contributed by atoms with Crippen LogP contribution in [0.15, 0.2) is 59.1 Å². The molecule has 1 aromatic heterocycles. The molecule has 1 N–H and O–H groups in total. The van der Waals surface area contributed by atoms with Crippen molar-refractivity contribution in [2.75, 3.05) is 19.8 Å². The van der Waals surface area contributed by atoms with Gasteiger partial charge in [0.25, 0.3) is 5.91 Å². The standard InChI is InChI=1S/C23H21BrN2O4/c24-16-6-3-5-15(11-16)21-12-19(18-8-1-2-9-20(18)26-21)23(28)30-14-22(27)25-13-17-7-4-10-29-17/h1-3,5-6,8-9,11-12,17H,4,7,10,13-14H2,(H,25,27)/t17-/m0/s1. The first-order chi connectivity index (χ1) is 14.6. The third-order valence-corrected chi connectivity index (χ3v) is 5.43. The van der Waals surface area contributed by atoms with Gasteiger partial charge in [0, 0.05) is 28.6 Å². The van der Waals surface area contributed by atoms with Crippen LogP contribution in [0.5, 0.6) is 0 Å². The first-order valence-electron chi connectivity index (χ1n) is 9.81. The van der Waals surface area contributed by atoms with Crippen LogP contribution >= 0.6 is 15.9 Å². The highest BCUT2D eigenvalue weighted by molar-refractivity contribution is 9.10. The van der Waals surface area contributed by atoms with Crippen molar-refractivity contribution >= 4 is 38.7 Å². The Kier molecular flexibility index (Phi) is 6.40. The molecule has 4 rings (SSSR count). The van der Waals surface area contributed by atoms with Crippen molar-refractivity contribution in [1.82, 2.24) is 10.3 Å². The minimum atomic E-state index is -0.558. The van der Waals surface area contributed by atoms with E-state index in [1.165, 1.54) is 0 Å². The average molecular weight is 469 g/mol. The van der Waals surface area contributed by atoms with Crippen LogP contribution in [0.2, 0.25) is 0 Å². The summed E-state index contributed by atoms with van der Waals surface area (Å²) >= 11 is 3.46. The molecule has 154 valence electrons. The number of pyridine rings is 1. The number of hydrogen-bond donors (Lipinski definition) is 1. The lowest BCUT2D eigenvalue weighted by Crippen LogP contribution is -2.34. The molecule has 0 unspecified atom stereocenters. The van der Waals surface area contributed by atoms with E-state index in [4.69, 9.17) is 9.47 Å². The highest BCUT2D eigenvalue weighted by Gasteiger charge is 2.19. The highest BCUT2D eigenvalue weighted by Crippen LogP contribution is 2.27. The fourth-order valence-corrected chi connectivity index (χ4v) is 3.83. The van der Waals surface area contributed by atoms with Crippen molar-refractivity contribution < 1.29 is 19.1 Å². The van der Waals surface area contributed by atoms with Crippen LogP contribution in [-0.4, -0.2) is 42.7 Å². The van der Waals surface area contributed by atoms with Crippen LogP contribution in [0.25, 0.3) is 22.2 Å². The van der Waals surface area contributed by atoms with Crippen molar-refractivity contribution in [2.45, 2.75) is 18.9 Å². The van der Waals surface area contributed by atoms with Gasteiger partial charge in [-0.15, -0.1) is 0 Å². The van der Waals surface area contributed by atoms with Gasteiger partial charge in [-0.2, -0.15) is 0 Å². The Bertz CT molecular complexity index is 1080. The molecule has 1 atom stereocenters. The summed E-state index contributed by atoms with van der Waals surface area (Å²) in [4.78, 5) is 29.6. The summed E-state index contributed by atoms with van der Waals surface area (Å²) in [5.41, 5.74) is 2.59. The van der Waals surface area contributed by atoms with E-state index in [2.05, 4.69) is 26.2 Å². The lowest BCUT2D eigenvalue weighted by Gasteiger charge is -2.12. The molecule has 2 aromatic carbocycles. The molecule has 1 amide bonds. The molecule has 0 bridgehead atoms. The van der Waals surface area contributed by atoms with Gasteiger partial charge in [-0.3, -0.25) is 4.79 Å². The first-order valence-corrected chi connectivity index (χ1v) is 10.6. The molecule has 30 heavy (non-hydrogen) atoms. The van der Waals surface area contributed by atoms with Crippen LogP contribution in [0, 0.1) is 0 Å². The Balaban J connectivity index is 1.51. The van der Waals surface area contributed by atoms with Gasteiger partial charge in [-0.25, -0.2) is 9.78 Å². The Labute approximate surface area is 182 Å². The number of ether oxygens (including phenoxy) is 2. The van der Waals surface area contributed by atoms with Gasteiger partial charge >= 0.3 is 5.97 Å². The van der Waals surface area contributed by atoms with Crippen LogP contribution in [-0.2, 0) is 14.3 Å². The van der Waals surface area contributed by atoms with Gasteiger partial charge in [0.05, 0.1) is 22.9 Å². The van der Waals surface area contributed by atoms with Crippen LogP contribution in [0.3, 0.4) is 0 Å². The van der Waals surface area contributed by atoms with Crippen LogP contribution in [0.4, 0.5) is 0 Å². The third-order valence-electron chi connectivity index (χ3n) is 4.94. The topological polar surface area (TPSA) is 77.5 Å². The second kappa shape index (κ2) is 9.36. The number of carbonyl (C=O) groups is 2.